The molecule has 0 bridgehead atoms. The molecule has 0 atom stereocenters. The Morgan fingerprint density at radius 1 is 0.941 bits per heavy atom. The van der Waals surface area contributed by atoms with Gasteiger partial charge in [-0.3, -0.25) is 9.59 Å². The third-order valence-corrected chi connectivity index (χ3v) is 5.33. The molecule has 0 saturated carbocycles. The molecule has 3 aromatic carbocycles. The molecule has 0 radical (unpaired) electrons. The Hall–Kier alpha value is -4.19. The standard InChI is InChI=1S/C28H27N3O3/c1-19(2)18-29-28(33)21-15-13-20(14-16-21)24-17-26(32)31(3)30-27(24)23-11-7-8-12-25(23)34-22-9-5-4-6-10-22/h4-17,19H,18H2,1-3H3,(H,29,33). The zero-order valence-corrected chi connectivity index (χ0v) is 19.5. The van der Waals surface area contributed by atoms with Gasteiger partial charge in [-0.05, 0) is 47.9 Å². The first kappa shape index (κ1) is 23.0. The van der Waals surface area contributed by atoms with E-state index in [1.165, 1.54) is 4.68 Å². The third kappa shape index (κ3) is 5.23. The molecule has 4 aromatic rings. The fourth-order valence-electron chi connectivity index (χ4n) is 3.52. The third-order valence-electron chi connectivity index (χ3n) is 5.33. The Bertz CT molecular complexity index is 1340. The van der Waals surface area contributed by atoms with Crippen molar-refractivity contribution in [2.45, 2.75) is 13.8 Å². The summed E-state index contributed by atoms with van der Waals surface area (Å²) in [5.41, 5.74) is 3.17. The van der Waals surface area contributed by atoms with Gasteiger partial charge in [0, 0.05) is 36.3 Å². The van der Waals surface area contributed by atoms with Crippen LogP contribution in [0.5, 0.6) is 11.5 Å². The average Bonchev–Trinajstić information content (AvgIpc) is 2.85. The first-order valence-electron chi connectivity index (χ1n) is 11.2. The summed E-state index contributed by atoms with van der Waals surface area (Å²) in [5, 5.41) is 7.49. The van der Waals surface area contributed by atoms with Gasteiger partial charge in [0.15, 0.2) is 0 Å². The number of carbonyl (C=O) groups is 1. The monoisotopic (exact) mass is 453 g/mol. The fraction of sp³-hybridized carbons (Fsp3) is 0.179. The van der Waals surface area contributed by atoms with Gasteiger partial charge in [-0.25, -0.2) is 4.68 Å². The van der Waals surface area contributed by atoms with E-state index in [-0.39, 0.29) is 11.5 Å². The number of benzene rings is 3. The lowest BCUT2D eigenvalue weighted by molar-refractivity contribution is 0.0949. The van der Waals surface area contributed by atoms with Crippen molar-refractivity contribution in [2.75, 3.05) is 6.54 Å². The van der Waals surface area contributed by atoms with Crippen molar-refractivity contribution in [1.29, 1.82) is 0 Å². The Balaban J connectivity index is 1.74. The topological polar surface area (TPSA) is 73.2 Å². The number of nitrogens with one attached hydrogen (secondary N) is 1. The number of ether oxygens (including phenoxy) is 1. The van der Waals surface area contributed by atoms with Crippen LogP contribution in [0.3, 0.4) is 0 Å². The highest BCUT2D eigenvalue weighted by molar-refractivity contribution is 5.95. The lowest BCUT2D eigenvalue weighted by Crippen LogP contribution is -2.27. The molecule has 1 heterocycles. The largest absolute Gasteiger partial charge is 0.457 e. The van der Waals surface area contributed by atoms with Crippen molar-refractivity contribution >= 4 is 5.91 Å². The molecule has 0 fully saturated rings. The highest BCUT2D eigenvalue weighted by Crippen LogP contribution is 2.37. The second-order valence-corrected chi connectivity index (χ2v) is 8.46. The highest BCUT2D eigenvalue weighted by atomic mass is 16.5. The maximum absolute atomic E-state index is 12.5. The Kier molecular flexibility index (Phi) is 6.87. The summed E-state index contributed by atoms with van der Waals surface area (Å²) in [6.45, 7) is 4.71. The molecule has 1 aromatic heterocycles. The summed E-state index contributed by atoms with van der Waals surface area (Å²) in [6.07, 6.45) is 0. The van der Waals surface area contributed by atoms with Crippen LogP contribution in [0.15, 0.2) is 89.7 Å². The van der Waals surface area contributed by atoms with Crippen LogP contribution in [0, 0.1) is 5.92 Å². The first-order chi connectivity index (χ1) is 16.4. The van der Waals surface area contributed by atoms with E-state index in [0.717, 1.165) is 11.1 Å². The Morgan fingerprint density at radius 3 is 2.32 bits per heavy atom. The molecule has 1 amide bonds. The zero-order chi connectivity index (χ0) is 24.1. The van der Waals surface area contributed by atoms with Gasteiger partial charge >= 0.3 is 0 Å². The van der Waals surface area contributed by atoms with E-state index in [1.807, 2.05) is 80.6 Å². The molecular formula is C28H27N3O3. The minimum absolute atomic E-state index is 0.121. The SMILES string of the molecule is CC(C)CNC(=O)c1ccc(-c2cc(=O)n(C)nc2-c2ccccc2Oc2ccccc2)cc1. The fourth-order valence-corrected chi connectivity index (χ4v) is 3.52. The molecule has 0 saturated heterocycles. The van der Waals surface area contributed by atoms with Crippen LogP contribution in [0.25, 0.3) is 22.4 Å². The predicted molar refractivity (Wildman–Crippen MR) is 134 cm³/mol. The quantitative estimate of drug-likeness (QED) is 0.413. The number of aryl methyl sites for hydroxylation is 1. The van der Waals surface area contributed by atoms with Gasteiger partial charge in [0.1, 0.15) is 17.2 Å². The van der Waals surface area contributed by atoms with Gasteiger partial charge in [0.2, 0.25) is 0 Å². The summed E-state index contributed by atoms with van der Waals surface area (Å²) in [7, 11) is 1.62. The highest BCUT2D eigenvalue weighted by Gasteiger charge is 2.17. The molecule has 172 valence electrons. The summed E-state index contributed by atoms with van der Waals surface area (Å²) in [6, 6.07) is 25.9. The minimum atomic E-state index is -0.223. The van der Waals surface area contributed by atoms with E-state index >= 15 is 0 Å². The lowest BCUT2D eigenvalue weighted by Gasteiger charge is -2.15. The van der Waals surface area contributed by atoms with Crippen molar-refractivity contribution in [3.63, 3.8) is 0 Å². The second kappa shape index (κ2) is 10.2. The van der Waals surface area contributed by atoms with Crippen LogP contribution in [0.2, 0.25) is 0 Å². The van der Waals surface area contributed by atoms with Gasteiger partial charge in [0.25, 0.3) is 11.5 Å². The van der Waals surface area contributed by atoms with E-state index < -0.39 is 0 Å². The predicted octanol–water partition coefficient (Wildman–Crippen LogP) is 5.29. The van der Waals surface area contributed by atoms with Crippen molar-refractivity contribution < 1.29 is 9.53 Å². The summed E-state index contributed by atoms with van der Waals surface area (Å²) in [4.78, 5) is 24.9. The number of hydrogen-bond acceptors (Lipinski definition) is 4. The van der Waals surface area contributed by atoms with Crippen LogP contribution < -0.4 is 15.6 Å². The molecule has 0 spiro atoms. The number of aromatic nitrogens is 2. The van der Waals surface area contributed by atoms with Gasteiger partial charge in [-0.1, -0.05) is 56.3 Å². The van der Waals surface area contributed by atoms with Crippen LogP contribution >= 0.6 is 0 Å². The minimum Gasteiger partial charge on any atom is -0.457 e. The van der Waals surface area contributed by atoms with Crippen molar-refractivity contribution in [2.24, 2.45) is 13.0 Å². The van der Waals surface area contributed by atoms with E-state index in [2.05, 4.69) is 10.4 Å². The molecular weight excluding hydrogens is 426 g/mol. The van der Waals surface area contributed by atoms with Crippen LogP contribution in [0.1, 0.15) is 24.2 Å². The van der Waals surface area contributed by atoms with Crippen LogP contribution in [-0.4, -0.2) is 22.2 Å². The van der Waals surface area contributed by atoms with E-state index in [9.17, 15) is 9.59 Å². The van der Waals surface area contributed by atoms with E-state index in [1.54, 1.807) is 25.2 Å². The van der Waals surface area contributed by atoms with Gasteiger partial charge < -0.3 is 10.1 Å². The summed E-state index contributed by atoms with van der Waals surface area (Å²) < 4.78 is 7.45. The number of carbonyl (C=O) groups excluding carboxylic acids is 1. The van der Waals surface area contributed by atoms with Gasteiger partial charge in [-0.15, -0.1) is 0 Å². The van der Waals surface area contributed by atoms with Crippen molar-refractivity contribution in [3.8, 4) is 33.9 Å². The number of amides is 1. The van der Waals surface area contributed by atoms with Crippen LogP contribution in [-0.2, 0) is 7.05 Å². The molecule has 0 unspecified atom stereocenters. The number of para-hydroxylation sites is 2. The summed E-state index contributed by atoms with van der Waals surface area (Å²) >= 11 is 0. The van der Waals surface area contributed by atoms with Crippen LogP contribution in [0.4, 0.5) is 0 Å². The van der Waals surface area contributed by atoms with Crippen molar-refractivity contribution in [1.82, 2.24) is 15.1 Å². The second-order valence-electron chi connectivity index (χ2n) is 8.46. The molecule has 6 nitrogen and oxygen atoms in total. The molecule has 0 aliphatic heterocycles. The normalized spacial score (nSPS) is 10.8. The molecule has 4 rings (SSSR count). The lowest BCUT2D eigenvalue weighted by atomic mass is 9.98. The molecule has 1 N–H and O–H groups in total. The molecule has 6 heteroatoms. The maximum atomic E-state index is 12.5. The van der Waals surface area contributed by atoms with E-state index in [0.29, 0.717) is 40.8 Å². The smallest absolute Gasteiger partial charge is 0.267 e. The summed E-state index contributed by atoms with van der Waals surface area (Å²) in [5.74, 6) is 1.59. The van der Waals surface area contributed by atoms with Gasteiger partial charge in [-0.2, -0.15) is 5.10 Å². The molecule has 0 aliphatic rings. The van der Waals surface area contributed by atoms with Gasteiger partial charge in [0.05, 0.1) is 0 Å². The Morgan fingerprint density at radius 2 is 1.62 bits per heavy atom. The number of nitrogens with zero attached hydrogens (tertiary/aromatic N) is 2. The number of rotatable bonds is 7. The van der Waals surface area contributed by atoms with E-state index in [4.69, 9.17) is 4.74 Å². The molecule has 34 heavy (non-hydrogen) atoms. The average molecular weight is 454 g/mol. The zero-order valence-electron chi connectivity index (χ0n) is 19.5. The number of hydrogen-bond donors (Lipinski definition) is 1. The Labute approximate surface area is 198 Å². The first-order valence-corrected chi connectivity index (χ1v) is 11.2. The van der Waals surface area contributed by atoms with Crippen molar-refractivity contribution in [3.05, 3.63) is 101 Å². The molecule has 0 aliphatic carbocycles. The maximum Gasteiger partial charge on any atom is 0.267 e.